The van der Waals surface area contributed by atoms with Gasteiger partial charge in [0.1, 0.15) is 13.2 Å². The lowest BCUT2D eigenvalue weighted by Gasteiger charge is -2.13. The summed E-state index contributed by atoms with van der Waals surface area (Å²) in [6.07, 6.45) is 1.61. The van der Waals surface area contributed by atoms with Crippen LogP contribution in [0.15, 0.2) is 71.6 Å². The van der Waals surface area contributed by atoms with E-state index in [4.69, 9.17) is 9.47 Å². The van der Waals surface area contributed by atoms with E-state index in [0.717, 1.165) is 33.4 Å². The van der Waals surface area contributed by atoms with Gasteiger partial charge in [-0.15, -0.1) is 0 Å². The number of carbonyl (C=O) groups is 3. The zero-order valence-corrected chi connectivity index (χ0v) is 21.1. The van der Waals surface area contributed by atoms with Crippen molar-refractivity contribution in [3.05, 3.63) is 93.9 Å². The Labute approximate surface area is 214 Å². The number of hydrogen-bond acceptors (Lipinski definition) is 6. The van der Waals surface area contributed by atoms with E-state index in [0.29, 0.717) is 29.4 Å². The minimum Gasteiger partial charge on any atom is -0.493 e. The molecule has 36 heavy (non-hydrogen) atoms. The Morgan fingerprint density at radius 3 is 2.56 bits per heavy atom. The number of rotatable bonds is 8. The number of imide groups is 1. The molecule has 1 N–H and O–H groups in total. The summed E-state index contributed by atoms with van der Waals surface area (Å²) in [5.74, 6) is 0.124. The molecule has 1 fully saturated rings. The maximum absolute atomic E-state index is 12.9. The molecule has 1 aliphatic heterocycles. The Balaban J connectivity index is 1.43. The van der Waals surface area contributed by atoms with E-state index >= 15 is 0 Å². The van der Waals surface area contributed by atoms with Gasteiger partial charge in [0.2, 0.25) is 5.91 Å². The molecule has 4 rings (SSSR count). The molecule has 0 saturated carbocycles. The summed E-state index contributed by atoms with van der Waals surface area (Å²) in [4.78, 5) is 39.0. The van der Waals surface area contributed by atoms with Crippen molar-refractivity contribution in [3.8, 4) is 11.5 Å². The maximum atomic E-state index is 12.9. The van der Waals surface area contributed by atoms with Gasteiger partial charge in [-0.1, -0.05) is 54.1 Å². The number of amides is 3. The van der Waals surface area contributed by atoms with Gasteiger partial charge >= 0.3 is 0 Å². The Bertz CT molecular complexity index is 1350. The van der Waals surface area contributed by atoms with Crippen LogP contribution in [0, 0.1) is 13.8 Å². The summed E-state index contributed by atoms with van der Waals surface area (Å²) in [7, 11) is 1.54. The molecule has 0 radical (unpaired) electrons. The zero-order chi connectivity index (χ0) is 25.7. The Morgan fingerprint density at radius 1 is 1.00 bits per heavy atom. The minimum atomic E-state index is -0.510. The molecule has 0 bridgehead atoms. The van der Waals surface area contributed by atoms with Gasteiger partial charge in [-0.2, -0.15) is 0 Å². The van der Waals surface area contributed by atoms with Crippen LogP contribution in [0.4, 0.5) is 10.5 Å². The number of ether oxygens (including phenoxy) is 2. The van der Waals surface area contributed by atoms with Gasteiger partial charge in [0.05, 0.1) is 12.0 Å². The fraction of sp³-hybridized carbons (Fsp3) is 0.179. The smallest absolute Gasteiger partial charge is 0.294 e. The lowest BCUT2D eigenvalue weighted by Crippen LogP contribution is -2.36. The van der Waals surface area contributed by atoms with Crippen molar-refractivity contribution < 1.29 is 23.9 Å². The first kappa shape index (κ1) is 25.1. The fourth-order valence-corrected chi connectivity index (χ4v) is 4.53. The molecule has 0 spiro atoms. The second-order valence-electron chi connectivity index (χ2n) is 8.32. The third-order valence-corrected chi connectivity index (χ3v) is 6.46. The van der Waals surface area contributed by atoms with Crippen LogP contribution in [0.25, 0.3) is 6.08 Å². The zero-order valence-electron chi connectivity index (χ0n) is 20.2. The Kier molecular flexibility index (Phi) is 7.75. The molecule has 3 amide bonds. The molecule has 0 atom stereocenters. The number of aryl methyl sites for hydroxylation is 2. The largest absolute Gasteiger partial charge is 0.493 e. The summed E-state index contributed by atoms with van der Waals surface area (Å²) in [5, 5.41) is 2.26. The van der Waals surface area contributed by atoms with Crippen LogP contribution in [0.1, 0.15) is 22.3 Å². The molecule has 3 aromatic carbocycles. The average molecular weight is 503 g/mol. The van der Waals surface area contributed by atoms with E-state index in [2.05, 4.69) is 11.4 Å². The molecule has 7 nitrogen and oxygen atoms in total. The molecule has 0 unspecified atom stereocenters. The number of hydrogen-bond donors (Lipinski definition) is 1. The van der Waals surface area contributed by atoms with E-state index in [1.54, 1.807) is 43.5 Å². The third-order valence-electron chi connectivity index (χ3n) is 5.56. The van der Waals surface area contributed by atoms with E-state index in [9.17, 15) is 14.4 Å². The standard InChI is InChI=1S/C28H26N2O5S/c1-18-7-6-9-21(13-18)17-35-23-12-11-20(14-24(23)34-3)15-25-27(32)30(28(33)36-25)16-26(31)29-22-10-5-4-8-19(22)2/h4-15H,16-17H2,1-3H3,(H,29,31)/b25-15-. The highest BCUT2D eigenvalue weighted by molar-refractivity contribution is 8.18. The van der Waals surface area contributed by atoms with Gasteiger partial charge in [-0.25, -0.2) is 0 Å². The van der Waals surface area contributed by atoms with Crippen LogP contribution in [-0.2, 0) is 16.2 Å². The fourth-order valence-electron chi connectivity index (χ4n) is 3.69. The van der Waals surface area contributed by atoms with E-state index in [1.165, 1.54) is 0 Å². The summed E-state index contributed by atoms with van der Waals surface area (Å²) in [6, 6.07) is 20.6. The van der Waals surface area contributed by atoms with Gasteiger partial charge < -0.3 is 14.8 Å². The maximum Gasteiger partial charge on any atom is 0.294 e. The second-order valence-corrected chi connectivity index (χ2v) is 9.31. The van der Waals surface area contributed by atoms with Crippen molar-refractivity contribution in [1.82, 2.24) is 4.90 Å². The number of benzene rings is 3. The van der Waals surface area contributed by atoms with E-state index in [-0.39, 0.29) is 11.4 Å². The van der Waals surface area contributed by atoms with Crippen LogP contribution in [0.3, 0.4) is 0 Å². The number of para-hydroxylation sites is 1. The highest BCUT2D eigenvalue weighted by Crippen LogP contribution is 2.34. The lowest BCUT2D eigenvalue weighted by atomic mass is 10.1. The van der Waals surface area contributed by atoms with Crippen molar-refractivity contribution >= 4 is 40.6 Å². The van der Waals surface area contributed by atoms with Crippen LogP contribution in [0.5, 0.6) is 11.5 Å². The summed E-state index contributed by atoms with van der Waals surface area (Å²) < 4.78 is 11.4. The summed E-state index contributed by atoms with van der Waals surface area (Å²) >= 11 is 0.801. The number of carbonyl (C=O) groups excluding carboxylic acids is 3. The van der Waals surface area contributed by atoms with Crippen LogP contribution in [-0.4, -0.2) is 35.6 Å². The second kappa shape index (κ2) is 11.1. The molecule has 1 heterocycles. The predicted molar refractivity (Wildman–Crippen MR) is 141 cm³/mol. The lowest BCUT2D eigenvalue weighted by molar-refractivity contribution is -0.127. The van der Waals surface area contributed by atoms with Crippen LogP contribution < -0.4 is 14.8 Å². The van der Waals surface area contributed by atoms with E-state index < -0.39 is 17.1 Å². The van der Waals surface area contributed by atoms with Crippen LogP contribution >= 0.6 is 11.8 Å². The normalized spacial score (nSPS) is 14.3. The van der Waals surface area contributed by atoms with Gasteiger partial charge in [0.25, 0.3) is 11.1 Å². The SMILES string of the molecule is COc1cc(/C=C2\SC(=O)N(CC(=O)Nc3ccccc3C)C2=O)ccc1OCc1cccc(C)c1. The number of nitrogens with one attached hydrogen (secondary N) is 1. The van der Waals surface area contributed by atoms with Gasteiger partial charge in [-0.3, -0.25) is 19.3 Å². The molecule has 3 aromatic rings. The Hall–Kier alpha value is -4.04. The summed E-state index contributed by atoms with van der Waals surface area (Å²) in [6.45, 7) is 3.93. The van der Waals surface area contributed by atoms with Crippen molar-refractivity contribution in [3.63, 3.8) is 0 Å². The number of nitrogens with zero attached hydrogens (tertiary/aromatic N) is 1. The van der Waals surface area contributed by atoms with Crippen LogP contribution in [0.2, 0.25) is 0 Å². The molecular formula is C28H26N2O5S. The van der Waals surface area contributed by atoms with Crippen molar-refractivity contribution in [2.75, 3.05) is 19.0 Å². The average Bonchev–Trinajstić information content (AvgIpc) is 3.11. The first-order valence-electron chi connectivity index (χ1n) is 11.3. The first-order valence-corrected chi connectivity index (χ1v) is 12.1. The predicted octanol–water partition coefficient (Wildman–Crippen LogP) is 5.57. The topological polar surface area (TPSA) is 84.9 Å². The van der Waals surface area contributed by atoms with Gasteiger partial charge in [-0.05, 0) is 66.6 Å². The Morgan fingerprint density at radius 2 is 1.81 bits per heavy atom. The van der Waals surface area contributed by atoms with Gasteiger partial charge in [0.15, 0.2) is 11.5 Å². The molecule has 8 heteroatoms. The van der Waals surface area contributed by atoms with Crippen molar-refractivity contribution in [1.29, 1.82) is 0 Å². The summed E-state index contributed by atoms with van der Waals surface area (Å²) in [5.41, 5.74) is 4.40. The molecule has 0 aliphatic carbocycles. The van der Waals surface area contributed by atoms with Gasteiger partial charge in [0, 0.05) is 5.69 Å². The quantitative estimate of drug-likeness (QED) is 0.406. The molecule has 1 saturated heterocycles. The highest BCUT2D eigenvalue weighted by Gasteiger charge is 2.36. The number of thioether (sulfide) groups is 1. The molecule has 0 aromatic heterocycles. The van der Waals surface area contributed by atoms with Crippen molar-refractivity contribution in [2.24, 2.45) is 0 Å². The minimum absolute atomic E-state index is 0.235. The monoisotopic (exact) mass is 502 g/mol. The molecule has 184 valence electrons. The molecular weight excluding hydrogens is 476 g/mol. The highest BCUT2D eigenvalue weighted by atomic mass is 32.2. The molecule has 1 aliphatic rings. The van der Waals surface area contributed by atoms with Crippen molar-refractivity contribution in [2.45, 2.75) is 20.5 Å². The number of anilines is 1. The third kappa shape index (κ3) is 5.95. The first-order chi connectivity index (χ1) is 17.3. The number of methoxy groups -OCH3 is 1. The van der Waals surface area contributed by atoms with E-state index in [1.807, 2.05) is 44.2 Å².